The lowest BCUT2D eigenvalue weighted by atomic mass is 10.0. The van der Waals surface area contributed by atoms with Gasteiger partial charge in [0, 0.05) is 22.7 Å². The van der Waals surface area contributed by atoms with Gasteiger partial charge in [0.1, 0.15) is 11.5 Å². The monoisotopic (exact) mass is 325 g/mol. The fourth-order valence-corrected chi connectivity index (χ4v) is 2.66. The third kappa shape index (κ3) is 3.26. The predicted molar refractivity (Wildman–Crippen MR) is 98.1 cm³/mol. The van der Waals surface area contributed by atoms with Crippen molar-refractivity contribution in [1.82, 2.24) is 4.98 Å². The summed E-state index contributed by atoms with van der Waals surface area (Å²) in [6.07, 6.45) is 1.62. The minimum absolute atomic E-state index is 0.0514. The van der Waals surface area contributed by atoms with Crippen molar-refractivity contribution >= 4 is 16.7 Å². The van der Waals surface area contributed by atoms with Crippen molar-refractivity contribution in [3.8, 4) is 11.5 Å². The van der Waals surface area contributed by atoms with E-state index >= 15 is 0 Å². The summed E-state index contributed by atoms with van der Waals surface area (Å²) in [7, 11) is 0. The number of benzene rings is 3. The van der Waals surface area contributed by atoms with Crippen LogP contribution >= 0.6 is 0 Å². The van der Waals surface area contributed by atoms with E-state index in [4.69, 9.17) is 4.74 Å². The third-order valence-electron chi connectivity index (χ3n) is 3.95. The number of rotatable bonds is 4. The summed E-state index contributed by atoms with van der Waals surface area (Å²) in [6, 6.07) is 26.3. The molecule has 0 aliphatic heterocycles. The van der Waals surface area contributed by atoms with Crippen LogP contribution in [0.4, 0.5) is 0 Å². The number of carbonyl (C=O) groups is 1. The summed E-state index contributed by atoms with van der Waals surface area (Å²) in [5.41, 5.74) is 2.07. The maximum absolute atomic E-state index is 12.7. The quantitative estimate of drug-likeness (QED) is 0.481. The van der Waals surface area contributed by atoms with Crippen LogP contribution in [0.25, 0.3) is 10.9 Å². The minimum atomic E-state index is -0.0514. The first-order chi connectivity index (χ1) is 12.3. The number of nitrogens with zero attached hydrogens (tertiary/aromatic N) is 1. The number of carbonyl (C=O) groups excluding carboxylic acids is 1. The Labute approximate surface area is 145 Å². The molecule has 1 aromatic heterocycles. The maximum atomic E-state index is 12.7. The van der Waals surface area contributed by atoms with Crippen molar-refractivity contribution in [2.45, 2.75) is 0 Å². The van der Waals surface area contributed by atoms with E-state index < -0.39 is 0 Å². The molecule has 0 radical (unpaired) electrons. The number of para-hydroxylation sites is 2. The molecule has 1 heterocycles. The summed E-state index contributed by atoms with van der Waals surface area (Å²) in [4.78, 5) is 17.0. The summed E-state index contributed by atoms with van der Waals surface area (Å²) in [5, 5.41) is 0.956. The fourth-order valence-electron chi connectivity index (χ4n) is 2.66. The Balaban J connectivity index is 1.57. The zero-order valence-electron chi connectivity index (χ0n) is 13.4. The average molecular weight is 325 g/mol. The van der Waals surface area contributed by atoms with Crippen LogP contribution in [0.2, 0.25) is 0 Å². The molecule has 0 aliphatic carbocycles. The third-order valence-corrected chi connectivity index (χ3v) is 3.95. The SMILES string of the molecule is O=C(c1ccc(Oc2ccccc2)cc1)c1cnc2ccccc2c1. The van der Waals surface area contributed by atoms with Gasteiger partial charge in [0.15, 0.2) is 5.78 Å². The fraction of sp³-hybridized carbons (Fsp3) is 0. The lowest BCUT2D eigenvalue weighted by Crippen LogP contribution is -2.02. The highest BCUT2D eigenvalue weighted by Gasteiger charge is 2.10. The molecule has 0 saturated carbocycles. The zero-order chi connectivity index (χ0) is 17.1. The van der Waals surface area contributed by atoms with Crippen LogP contribution in [-0.2, 0) is 0 Å². The number of pyridine rings is 1. The van der Waals surface area contributed by atoms with E-state index in [1.165, 1.54) is 0 Å². The van der Waals surface area contributed by atoms with Crippen LogP contribution in [0.5, 0.6) is 11.5 Å². The average Bonchev–Trinajstić information content (AvgIpc) is 2.68. The molecular weight excluding hydrogens is 310 g/mol. The van der Waals surface area contributed by atoms with Gasteiger partial charge in [-0.15, -0.1) is 0 Å². The maximum Gasteiger partial charge on any atom is 0.194 e. The second kappa shape index (κ2) is 6.57. The standard InChI is InChI=1S/C22H15NO2/c24-22(18-14-17-6-4-5-9-21(17)23-15-18)16-10-12-20(13-11-16)25-19-7-2-1-3-8-19/h1-15H. The highest BCUT2D eigenvalue weighted by Crippen LogP contribution is 2.22. The molecule has 4 aromatic rings. The van der Waals surface area contributed by atoms with Crippen LogP contribution in [0.1, 0.15) is 15.9 Å². The number of hydrogen-bond acceptors (Lipinski definition) is 3. The van der Waals surface area contributed by atoms with Gasteiger partial charge in [-0.05, 0) is 48.5 Å². The number of ether oxygens (including phenoxy) is 1. The normalized spacial score (nSPS) is 10.6. The van der Waals surface area contributed by atoms with Crippen LogP contribution in [0, 0.1) is 0 Å². The second-order valence-electron chi connectivity index (χ2n) is 5.69. The first-order valence-corrected chi connectivity index (χ1v) is 8.02. The number of ketones is 1. The molecule has 3 aromatic carbocycles. The molecule has 3 heteroatoms. The lowest BCUT2D eigenvalue weighted by Gasteiger charge is -2.07. The Morgan fingerprint density at radius 1 is 0.720 bits per heavy atom. The Morgan fingerprint density at radius 3 is 2.20 bits per heavy atom. The number of aromatic nitrogens is 1. The largest absolute Gasteiger partial charge is 0.457 e. The summed E-state index contributed by atoms with van der Waals surface area (Å²) in [6.45, 7) is 0. The molecular formula is C22H15NO2. The molecule has 3 nitrogen and oxygen atoms in total. The molecule has 0 atom stereocenters. The molecule has 0 unspecified atom stereocenters. The van der Waals surface area contributed by atoms with E-state index in [9.17, 15) is 4.79 Å². The van der Waals surface area contributed by atoms with Crippen molar-refractivity contribution in [2.24, 2.45) is 0 Å². The molecule has 0 bridgehead atoms. The topological polar surface area (TPSA) is 39.2 Å². The Morgan fingerprint density at radius 2 is 1.40 bits per heavy atom. The minimum Gasteiger partial charge on any atom is -0.457 e. The van der Waals surface area contributed by atoms with E-state index in [0.29, 0.717) is 16.9 Å². The summed E-state index contributed by atoms with van der Waals surface area (Å²) >= 11 is 0. The second-order valence-corrected chi connectivity index (χ2v) is 5.69. The van der Waals surface area contributed by atoms with Crippen LogP contribution in [0.15, 0.2) is 91.1 Å². The smallest absolute Gasteiger partial charge is 0.194 e. The highest BCUT2D eigenvalue weighted by atomic mass is 16.5. The zero-order valence-corrected chi connectivity index (χ0v) is 13.4. The van der Waals surface area contributed by atoms with Gasteiger partial charge in [0.25, 0.3) is 0 Å². The van der Waals surface area contributed by atoms with Gasteiger partial charge in [-0.25, -0.2) is 0 Å². The van der Waals surface area contributed by atoms with E-state index in [1.54, 1.807) is 30.5 Å². The molecule has 0 fully saturated rings. The highest BCUT2D eigenvalue weighted by molar-refractivity contribution is 6.10. The van der Waals surface area contributed by atoms with Gasteiger partial charge >= 0.3 is 0 Å². The van der Waals surface area contributed by atoms with Gasteiger partial charge in [-0.1, -0.05) is 36.4 Å². The Hall–Kier alpha value is -3.46. The van der Waals surface area contributed by atoms with Crippen molar-refractivity contribution in [3.63, 3.8) is 0 Å². The lowest BCUT2D eigenvalue weighted by molar-refractivity contribution is 0.103. The Kier molecular flexibility index (Phi) is 3.97. The van der Waals surface area contributed by atoms with E-state index in [0.717, 1.165) is 16.7 Å². The van der Waals surface area contributed by atoms with Gasteiger partial charge in [0.05, 0.1) is 5.52 Å². The molecule has 4 rings (SSSR count). The van der Waals surface area contributed by atoms with Crippen molar-refractivity contribution < 1.29 is 9.53 Å². The van der Waals surface area contributed by atoms with E-state index in [2.05, 4.69) is 4.98 Å². The summed E-state index contributed by atoms with van der Waals surface area (Å²) in [5.74, 6) is 1.41. The first-order valence-electron chi connectivity index (χ1n) is 8.02. The number of hydrogen-bond donors (Lipinski definition) is 0. The molecule has 0 N–H and O–H groups in total. The first kappa shape index (κ1) is 15.1. The van der Waals surface area contributed by atoms with Gasteiger partial charge in [-0.2, -0.15) is 0 Å². The molecule has 0 amide bonds. The van der Waals surface area contributed by atoms with Gasteiger partial charge < -0.3 is 4.74 Å². The molecule has 120 valence electrons. The molecule has 0 saturated heterocycles. The summed E-state index contributed by atoms with van der Waals surface area (Å²) < 4.78 is 5.75. The van der Waals surface area contributed by atoms with Crippen molar-refractivity contribution in [2.75, 3.05) is 0 Å². The molecule has 0 aliphatic rings. The van der Waals surface area contributed by atoms with Crippen molar-refractivity contribution in [1.29, 1.82) is 0 Å². The Bertz CT molecular complexity index is 1020. The van der Waals surface area contributed by atoms with E-state index in [1.807, 2.05) is 60.7 Å². The predicted octanol–water partition coefficient (Wildman–Crippen LogP) is 5.26. The molecule has 25 heavy (non-hydrogen) atoms. The van der Waals surface area contributed by atoms with Crippen LogP contribution in [0.3, 0.4) is 0 Å². The van der Waals surface area contributed by atoms with Crippen LogP contribution in [-0.4, -0.2) is 10.8 Å². The number of fused-ring (bicyclic) bond motifs is 1. The van der Waals surface area contributed by atoms with Gasteiger partial charge in [0.2, 0.25) is 0 Å². The van der Waals surface area contributed by atoms with Crippen molar-refractivity contribution in [3.05, 3.63) is 102 Å². The van der Waals surface area contributed by atoms with E-state index in [-0.39, 0.29) is 5.78 Å². The van der Waals surface area contributed by atoms with Crippen LogP contribution < -0.4 is 4.74 Å². The van der Waals surface area contributed by atoms with Gasteiger partial charge in [-0.3, -0.25) is 9.78 Å². The molecule has 0 spiro atoms.